The Morgan fingerprint density at radius 2 is 2.10 bits per heavy atom. The fourth-order valence-electron chi connectivity index (χ4n) is 3.89. The van der Waals surface area contributed by atoms with Crippen LogP contribution in [-0.4, -0.2) is 37.7 Å². The lowest BCUT2D eigenvalue weighted by Crippen LogP contribution is -2.28. The molecule has 0 unspecified atom stereocenters. The van der Waals surface area contributed by atoms with E-state index in [0.29, 0.717) is 11.2 Å². The Morgan fingerprint density at radius 3 is 2.74 bits per heavy atom. The van der Waals surface area contributed by atoms with E-state index < -0.39 is 4.92 Å². The monoisotopic (exact) mass is 443 g/mol. The maximum Gasteiger partial charge on any atom is 0.328 e. The van der Waals surface area contributed by atoms with Crippen molar-refractivity contribution in [1.82, 2.24) is 19.5 Å². The molecule has 0 atom stereocenters. The number of nitro benzene ring substituents is 1. The Kier molecular flexibility index (Phi) is 5.58. The predicted octanol–water partition coefficient (Wildman–Crippen LogP) is 3.43. The number of ether oxygens (including phenoxy) is 1. The number of nitrogens with one attached hydrogen (secondary N) is 2. The van der Waals surface area contributed by atoms with Crippen LogP contribution in [0, 0.1) is 21.4 Å². The summed E-state index contributed by atoms with van der Waals surface area (Å²) in [7, 11) is 1.67. The first kappa shape index (κ1) is 20.8. The van der Waals surface area contributed by atoms with E-state index >= 15 is 0 Å². The quantitative estimate of drug-likeness (QED) is 0.345. The number of aromatic amines is 1. The molecule has 11 nitrogen and oxygen atoms in total. The van der Waals surface area contributed by atoms with Gasteiger partial charge >= 0.3 is 5.69 Å². The van der Waals surface area contributed by atoms with Gasteiger partial charge in [-0.05, 0) is 37.8 Å². The van der Waals surface area contributed by atoms with Crippen molar-refractivity contribution < 1.29 is 9.66 Å². The van der Waals surface area contributed by atoms with Crippen molar-refractivity contribution in [2.24, 2.45) is 0 Å². The fourth-order valence-corrected chi connectivity index (χ4v) is 4.10. The van der Waals surface area contributed by atoms with Crippen molar-refractivity contribution in [3.05, 3.63) is 49.5 Å². The lowest BCUT2D eigenvalue weighted by atomic mass is 9.93. The second kappa shape index (κ2) is 8.33. The summed E-state index contributed by atoms with van der Waals surface area (Å²) < 4.78 is 6.95. The molecule has 1 aliphatic rings. The lowest BCUT2D eigenvalue weighted by molar-refractivity contribution is -0.383. The molecular formula is C19H18ClN7O4. The minimum Gasteiger partial charge on any atom is -0.381 e. The molecule has 4 rings (SSSR count). The van der Waals surface area contributed by atoms with Crippen molar-refractivity contribution in [2.45, 2.75) is 37.8 Å². The third kappa shape index (κ3) is 3.95. The summed E-state index contributed by atoms with van der Waals surface area (Å²) in [6, 6.07) is 5.75. The number of anilines is 2. The van der Waals surface area contributed by atoms with Gasteiger partial charge in [0, 0.05) is 19.2 Å². The molecule has 12 heteroatoms. The number of fused-ring (bicyclic) bond motifs is 1. The molecule has 31 heavy (non-hydrogen) atoms. The molecule has 2 heterocycles. The van der Waals surface area contributed by atoms with Crippen LogP contribution in [0.3, 0.4) is 0 Å². The minimum absolute atomic E-state index is 0.00742. The molecule has 0 spiro atoms. The van der Waals surface area contributed by atoms with Crippen LogP contribution in [-0.2, 0) is 4.74 Å². The zero-order valence-corrected chi connectivity index (χ0v) is 17.2. The molecule has 2 N–H and O–H groups in total. The molecule has 2 aromatic heterocycles. The Hall–Kier alpha value is -3.49. The molecule has 1 saturated carbocycles. The maximum absolute atomic E-state index is 12.6. The number of aromatic nitrogens is 4. The first-order chi connectivity index (χ1) is 14.9. The Bertz CT molecular complexity index is 1250. The van der Waals surface area contributed by atoms with Gasteiger partial charge in [0.05, 0.1) is 22.7 Å². The molecule has 0 saturated heterocycles. The molecule has 0 bridgehead atoms. The fraction of sp³-hybridized carbons (Fsp3) is 0.368. The number of halogens is 1. The highest BCUT2D eigenvalue weighted by Gasteiger charge is 2.27. The highest BCUT2D eigenvalue weighted by Crippen LogP contribution is 2.33. The number of hydrogen-bond acceptors (Lipinski definition) is 8. The summed E-state index contributed by atoms with van der Waals surface area (Å²) in [5.74, 6) is -0.0194. The van der Waals surface area contributed by atoms with Crippen molar-refractivity contribution >= 4 is 40.1 Å². The molecule has 160 valence electrons. The number of rotatable bonds is 5. The summed E-state index contributed by atoms with van der Waals surface area (Å²) in [4.78, 5) is 34.6. The molecule has 0 aliphatic heterocycles. The van der Waals surface area contributed by atoms with Crippen LogP contribution in [0.4, 0.5) is 17.3 Å². The smallest absolute Gasteiger partial charge is 0.328 e. The van der Waals surface area contributed by atoms with Gasteiger partial charge in [0.2, 0.25) is 5.95 Å². The van der Waals surface area contributed by atoms with Crippen LogP contribution >= 0.6 is 11.6 Å². The van der Waals surface area contributed by atoms with Crippen molar-refractivity contribution in [2.75, 3.05) is 12.4 Å². The molecule has 1 aliphatic carbocycles. The summed E-state index contributed by atoms with van der Waals surface area (Å²) in [5, 5.41) is 23.2. The van der Waals surface area contributed by atoms with E-state index in [9.17, 15) is 14.9 Å². The van der Waals surface area contributed by atoms with Crippen LogP contribution in [0.2, 0.25) is 5.15 Å². The van der Waals surface area contributed by atoms with Crippen LogP contribution in [0.15, 0.2) is 23.0 Å². The second-order valence-corrected chi connectivity index (χ2v) is 7.59. The molecule has 0 radical (unpaired) electrons. The van der Waals surface area contributed by atoms with E-state index in [1.54, 1.807) is 11.7 Å². The number of H-pyrrole nitrogens is 1. The van der Waals surface area contributed by atoms with E-state index in [2.05, 4.69) is 20.3 Å². The average molecular weight is 444 g/mol. The summed E-state index contributed by atoms with van der Waals surface area (Å²) in [5.41, 5.74) is 0.293. The third-order valence-electron chi connectivity index (χ3n) is 5.44. The number of nitro groups is 1. The summed E-state index contributed by atoms with van der Waals surface area (Å²) >= 11 is 6.28. The molecule has 3 aromatic rings. The number of benzene rings is 1. The van der Waals surface area contributed by atoms with Gasteiger partial charge in [0.15, 0.2) is 10.8 Å². The summed E-state index contributed by atoms with van der Waals surface area (Å²) in [6.07, 6.45) is 3.28. The Balaban J connectivity index is 1.75. The average Bonchev–Trinajstić information content (AvgIpc) is 3.10. The van der Waals surface area contributed by atoms with E-state index in [0.717, 1.165) is 25.7 Å². The zero-order chi connectivity index (χ0) is 22.1. The van der Waals surface area contributed by atoms with Gasteiger partial charge in [-0.25, -0.2) is 4.79 Å². The molecule has 0 amide bonds. The van der Waals surface area contributed by atoms with Crippen LogP contribution < -0.4 is 11.0 Å². The number of hydrogen-bond donors (Lipinski definition) is 2. The van der Waals surface area contributed by atoms with Crippen molar-refractivity contribution in [1.29, 1.82) is 5.26 Å². The van der Waals surface area contributed by atoms with Crippen LogP contribution in [0.5, 0.6) is 0 Å². The number of methoxy groups -OCH3 is 1. The van der Waals surface area contributed by atoms with Crippen molar-refractivity contribution in [3.63, 3.8) is 0 Å². The molecule has 1 aromatic carbocycles. The third-order valence-corrected chi connectivity index (χ3v) is 5.71. The standard InChI is InChI=1S/C19H18ClN7O4/c1-31-12-5-3-11(4-6-12)26-17-15(23-19(26)28)16(20)24-18(25-17)22-13-8-10(9-21)2-7-14(13)27(29)30/h2,7-8,11-12H,3-6H2,1H3,(H,23,28)(H,22,24,25)/t11-,12-. The topological polar surface area (TPSA) is 152 Å². The highest BCUT2D eigenvalue weighted by atomic mass is 35.5. The summed E-state index contributed by atoms with van der Waals surface area (Å²) in [6.45, 7) is 0. The van der Waals surface area contributed by atoms with E-state index in [1.807, 2.05) is 6.07 Å². The normalized spacial score (nSPS) is 18.6. The van der Waals surface area contributed by atoms with Gasteiger partial charge in [-0.3, -0.25) is 14.7 Å². The number of nitrogens with zero attached hydrogens (tertiary/aromatic N) is 5. The largest absolute Gasteiger partial charge is 0.381 e. The van der Waals surface area contributed by atoms with Gasteiger partial charge < -0.3 is 15.0 Å². The highest BCUT2D eigenvalue weighted by molar-refractivity contribution is 6.33. The SMILES string of the molecule is CO[C@H]1CC[C@H](n2c(=O)[nH]c3c(Cl)nc(Nc4cc(C#N)ccc4[N+](=O)[O-])nc32)CC1. The van der Waals surface area contributed by atoms with E-state index in [1.165, 1.54) is 18.2 Å². The maximum atomic E-state index is 12.6. The van der Waals surface area contributed by atoms with E-state index in [-0.39, 0.29) is 45.9 Å². The van der Waals surface area contributed by atoms with Gasteiger partial charge in [-0.15, -0.1) is 0 Å². The Morgan fingerprint density at radius 1 is 1.35 bits per heavy atom. The van der Waals surface area contributed by atoms with Crippen molar-refractivity contribution in [3.8, 4) is 6.07 Å². The van der Waals surface area contributed by atoms with Crippen LogP contribution in [0.1, 0.15) is 37.3 Å². The van der Waals surface area contributed by atoms with Crippen LogP contribution in [0.25, 0.3) is 11.2 Å². The minimum atomic E-state index is -0.579. The Labute approximate surface area is 180 Å². The van der Waals surface area contributed by atoms with Gasteiger partial charge in [0.1, 0.15) is 11.2 Å². The molecular weight excluding hydrogens is 426 g/mol. The number of nitriles is 1. The predicted molar refractivity (Wildman–Crippen MR) is 113 cm³/mol. The first-order valence-electron chi connectivity index (χ1n) is 9.57. The lowest BCUT2D eigenvalue weighted by Gasteiger charge is -2.28. The zero-order valence-electron chi connectivity index (χ0n) is 16.5. The van der Waals surface area contributed by atoms with Gasteiger partial charge in [-0.1, -0.05) is 11.6 Å². The van der Waals surface area contributed by atoms with Gasteiger partial charge in [0.25, 0.3) is 5.69 Å². The van der Waals surface area contributed by atoms with Gasteiger partial charge in [-0.2, -0.15) is 15.2 Å². The number of imidazole rings is 1. The first-order valence-corrected chi connectivity index (χ1v) is 9.95. The van der Waals surface area contributed by atoms with E-state index in [4.69, 9.17) is 21.6 Å². The second-order valence-electron chi connectivity index (χ2n) is 7.23. The molecule has 1 fully saturated rings.